The summed E-state index contributed by atoms with van der Waals surface area (Å²) in [6.45, 7) is 2.04. The average Bonchev–Trinajstić information content (AvgIpc) is 3.49. The number of aryl methyl sites for hydroxylation is 1. The first-order chi connectivity index (χ1) is 16.0. The molecule has 0 saturated carbocycles. The van der Waals surface area contributed by atoms with Gasteiger partial charge in [0.2, 0.25) is 11.6 Å². The minimum Gasteiger partial charge on any atom is -0.245 e. The fraction of sp³-hybridized carbons (Fsp3) is 0.292. The van der Waals surface area contributed by atoms with Crippen LogP contribution in [0.4, 0.5) is 8.78 Å². The summed E-state index contributed by atoms with van der Waals surface area (Å²) in [5, 5.41) is 18.2. The van der Waals surface area contributed by atoms with E-state index in [1.807, 2.05) is 48.5 Å². The van der Waals surface area contributed by atoms with Crippen LogP contribution in [0.1, 0.15) is 43.4 Å². The van der Waals surface area contributed by atoms with Gasteiger partial charge in [-0.15, -0.1) is 27.6 Å². The van der Waals surface area contributed by atoms with Crippen LogP contribution in [-0.2, 0) is 18.9 Å². The first-order valence-electron chi connectivity index (χ1n) is 10.7. The van der Waals surface area contributed by atoms with Crippen LogP contribution < -0.4 is 0 Å². The summed E-state index contributed by atoms with van der Waals surface area (Å²) in [6.07, 6.45) is 6.22. The second kappa shape index (κ2) is 9.69. The molecule has 0 unspecified atom stereocenters. The Hall–Kier alpha value is -3.93. The molecule has 0 aliphatic heterocycles. The fourth-order valence-corrected chi connectivity index (χ4v) is 3.55. The molecule has 0 amide bonds. The maximum Gasteiger partial charge on any atom is 0.308 e. The normalized spacial score (nSPS) is 11.5. The SMILES string of the molecule is C#CCCc1nc(C(F)(F)CCC)nn1Cc1ccc(-c2cccc(-c3nn[nH]n3)c2)cc1. The van der Waals surface area contributed by atoms with Crippen LogP contribution in [0.5, 0.6) is 0 Å². The van der Waals surface area contributed by atoms with Gasteiger partial charge in [0.05, 0.1) is 6.54 Å². The Labute approximate surface area is 190 Å². The van der Waals surface area contributed by atoms with Crippen molar-refractivity contribution in [1.29, 1.82) is 0 Å². The van der Waals surface area contributed by atoms with Gasteiger partial charge in [-0.1, -0.05) is 49.4 Å². The summed E-state index contributed by atoms with van der Waals surface area (Å²) in [4.78, 5) is 4.12. The summed E-state index contributed by atoms with van der Waals surface area (Å²) in [7, 11) is 0. The highest BCUT2D eigenvalue weighted by Gasteiger charge is 2.36. The van der Waals surface area contributed by atoms with Crippen LogP contribution in [-0.4, -0.2) is 35.4 Å². The highest BCUT2D eigenvalue weighted by Crippen LogP contribution is 2.31. The lowest BCUT2D eigenvalue weighted by Gasteiger charge is -2.10. The van der Waals surface area contributed by atoms with Gasteiger partial charge < -0.3 is 0 Å². The quantitative estimate of drug-likeness (QED) is 0.378. The maximum atomic E-state index is 14.4. The van der Waals surface area contributed by atoms with Gasteiger partial charge in [-0.3, -0.25) is 0 Å². The lowest BCUT2D eigenvalue weighted by molar-refractivity contribution is -0.0232. The molecule has 0 aliphatic rings. The Bertz CT molecular complexity index is 1240. The molecular weight excluding hydrogens is 424 g/mol. The molecule has 0 fully saturated rings. The van der Waals surface area contributed by atoms with Crippen LogP contribution in [0.3, 0.4) is 0 Å². The van der Waals surface area contributed by atoms with Gasteiger partial charge in [-0.05, 0) is 34.4 Å². The predicted molar refractivity (Wildman–Crippen MR) is 120 cm³/mol. The first-order valence-corrected chi connectivity index (χ1v) is 10.7. The monoisotopic (exact) mass is 447 g/mol. The third-order valence-corrected chi connectivity index (χ3v) is 5.22. The van der Waals surface area contributed by atoms with Crippen molar-refractivity contribution in [2.24, 2.45) is 0 Å². The molecule has 0 aliphatic carbocycles. The van der Waals surface area contributed by atoms with E-state index in [0.717, 1.165) is 22.3 Å². The van der Waals surface area contributed by atoms with Crippen LogP contribution in [0.15, 0.2) is 48.5 Å². The van der Waals surface area contributed by atoms with E-state index in [1.54, 1.807) is 6.92 Å². The average molecular weight is 447 g/mol. The Balaban J connectivity index is 1.56. The van der Waals surface area contributed by atoms with Crippen molar-refractivity contribution < 1.29 is 8.78 Å². The number of tetrazole rings is 1. The number of H-pyrrole nitrogens is 1. The van der Waals surface area contributed by atoms with Gasteiger partial charge >= 0.3 is 5.92 Å². The second-order valence-corrected chi connectivity index (χ2v) is 7.68. The zero-order chi connectivity index (χ0) is 23.3. The van der Waals surface area contributed by atoms with E-state index in [2.05, 4.69) is 36.6 Å². The lowest BCUT2D eigenvalue weighted by Crippen LogP contribution is -2.15. The molecular formula is C24H23F2N7. The third-order valence-electron chi connectivity index (χ3n) is 5.22. The molecule has 0 atom stereocenters. The molecule has 0 radical (unpaired) electrons. The number of aromatic amines is 1. The standard InChI is InChI=1S/C24H23F2N7/c1-3-5-9-21-27-23(24(25,26)14-4-2)30-33(21)16-17-10-12-18(13-11-17)19-7-6-8-20(15-19)22-28-31-32-29-22/h1,6-8,10-13,15H,4-5,9,14,16H2,2H3,(H,28,29,31,32). The number of aromatic nitrogens is 7. The van der Waals surface area contributed by atoms with Crippen LogP contribution >= 0.6 is 0 Å². The molecule has 4 aromatic rings. The van der Waals surface area contributed by atoms with Gasteiger partial charge in [0, 0.05) is 24.8 Å². The van der Waals surface area contributed by atoms with Gasteiger partial charge in [-0.2, -0.15) is 14.0 Å². The third kappa shape index (κ3) is 5.12. The van der Waals surface area contributed by atoms with Crippen molar-refractivity contribution in [2.45, 2.75) is 45.1 Å². The Morgan fingerprint density at radius 3 is 2.58 bits per heavy atom. The molecule has 0 spiro atoms. The topological polar surface area (TPSA) is 85.2 Å². The molecule has 0 saturated heterocycles. The molecule has 7 nitrogen and oxygen atoms in total. The molecule has 2 aromatic carbocycles. The first kappa shape index (κ1) is 22.3. The summed E-state index contributed by atoms with van der Waals surface area (Å²) >= 11 is 0. The van der Waals surface area contributed by atoms with Crippen molar-refractivity contribution in [3.05, 3.63) is 65.7 Å². The van der Waals surface area contributed by atoms with E-state index in [4.69, 9.17) is 6.42 Å². The van der Waals surface area contributed by atoms with Crippen LogP contribution in [0.25, 0.3) is 22.5 Å². The summed E-state index contributed by atoms with van der Waals surface area (Å²) < 4.78 is 30.3. The number of benzene rings is 2. The summed E-state index contributed by atoms with van der Waals surface area (Å²) in [5.74, 6) is 0.0327. The smallest absolute Gasteiger partial charge is 0.245 e. The number of rotatable bonds is 9. The minimum absolute atomic E-state index is 0.288. The maximum absolute atomic E-state index is 14.4. The predicted octanol–water partition coefficient (Wildman–Crippen LogP) is 4.63. The van der Waals surface area contributed by atoms with Crippen LogP contribution in [0, 0.1) is 12.3 Å². The number of nitrogens with one attached hydrogen (secondary N) is 1. The molecule has 2 aromatic heterocycles. The molecule has 33 heavy (non-hydrogen) atoms. The second-order valence-electron chi connectivity index (χ2n) is 7.68. The number of nitrogens with zero attached hydrogens (tertiary/aromatic N) is 6. The zero-order valence-electron chi connectivity index (χ0n) is 18.2. The Kier molecular flexibility index (Phi) is 6.54. The molecule has 9 heteroatoms. The van der Waals surface area contributed by atoms with Gasteiger partial charge in [-0.25, -0.2) is 9.67 Å². The van der Waals surface area contributed by atoms with E-state index < -0.39 is 11.7 Å². The van der Waals surface area contributed by atoms with E-state index in [9.17, 15) is 8.78 Å². The minimum atomic E-state index is -3.06. The molecule has 0 bridgehead atoms. The Morgan fingerprint density at radius 2 is 1.88 bits per heavy atom. The largest absolute Gasteiger partial charge is 0.308 e. The number of alkyl halides is 2. The van der Waals surface area contributed by atoms with Crippen molar-refractivity contribution in [3.63, 3.8) is 0 Å². The molecule has 1 N–H and O–H groups in total. The molecule has 4 rings (SSSR count). The highest BCUT2D eigenvalue weighted by molar-refractivity contribution is 5.70. The Morgan fingerprint density at radius 1 is 1.09 bits per heavy atom. The van der Waals surface area contributed by atoms with Gasteiger partial charge in [0.25, 0.3) is 0 Å². The lowest BCUT2D eigenvalue weighted by atomic mass is 10.0. The van der Waals surface area contributed by atoms with Crippen molar-refractivity contribution in [1.82, 2.24) is 35.4 Å². The fourth-order valence-electron chi connectivity index (χ4n) is 3.55. The number of terminal acetylenes is 1. The zero-order valence-corrected chi connectivity index (χ0v) is 18.2. The van der Waals surface area contributed by atoms with Crippen molar-refractivity contribution in [2.75, 3.05) is 0 Å². The van der Waals surface area contributed by atoms with Crippen molar-refractivity contribution >= 4 is 0 Å². The van der Waals surface area contributed by atoms with E-state index in [0.29, 0.717) is 37.5 Å². The van der Waals surface area contributed by atoms with E-state index in [-0.39, 0.29) is 6.42 Å². The number of halogens is 2. The number of hydrogen-bond donors (Lipinski definition) is 1. The van der Waals surface area contributed by atoms with E-state index >= 15 is 0 Å². The van der Waals surface area contributed by atoms with E-state index in [1.165, 1.54) is 4.68 Å². The molecule has 2 heterocycles. The molecule has 168 valence electrons. The number of hydrogen-bond acceptors (Lipinski definition) is 5. The van der Waals surface area contributed by atoms with Crippen LogP contribution in [0.2, 0.25) is 0 Å². The van der Waals surface area contributed by atoms with Gasteiger partial charge in [0.1, 0.15) is 5.82 Å². The van der Waals surface area contributed by atoms with Gasteiger partial charge in [0.15, 0.2) is 0 Å². The summed E-state index contributed by atoms with van der Waals surface area (Å²) in [6, 6.07) is 15.7. The highest BCUT2D eigenvalue weighted by atomic mass is 19.3. The van der Waals surface area contributed by atoms with Crippen molar-refractivity contribution in [3.8, 4) is 34.9 Å². The summed E-state index contributed by atoms with van der Waals surface area (Å²) in [5.41, 5.74) is 3.78.